The van der Waals surface area contributed by atoms with Gasteiger partial charge in [0.1, 0.15) is 10.9 Å². The minimum Gasteiger partial charge on any atom is -0.467 e. The highest BCUT2D eigenvalue weighted by Crippen LogP contribution is 2.32. The Hall–Kier alpha value is -3.36. The molecule has 0 fully saturated rings. The Balaban J connectivity index is 1.45. The standard InChI is InChI=1S/C23H19ClN6OS/c1-16-20(21(24)30(28-16)18-8-3-2-4-9-18)15-32-23-27-26-22(17-7-5-11-25-13-17)29(23)14-19-10-6-12-31-19/h2-13H,14-15H2,1H3. The summed E-state index contributed by atoms with van der Waals surface area (Å²) < 4.78 is 9.37. The molecule has 4 aromatic heterocycles. The van der Waals surface area contributed by atoms with Gasteiger partial charge in [0.25, 0.3) is 0 Å². The number of furan rings is 1. The van der Waals surface area contributed by atoms with Crippen LogP contribution in [0.1, 0.15) is 17.0 Å². The summed E-state index contributed by atoms with van der Waals surface area (Å²) in [6.45, 7) is 2.48. The van der Waals surface area contributed by atoms with E-state index in [1.165, 1.54) is 0 Å². The minimum absolute atomic E-state index is 0.516. The lowest BCUT2D eigenvalue weighted by Gasteiger charge is -2.09. The molecule has 5 aromatic rings. The van der Waals surface area contributed by atoms with Crippen molar-refractivity contribution >= 4 is 23.4 Å². The van der Waals surface area contributed by atoms with E-state index in [1.807, 2.05) is 66.1 Å². The highest BCUT2D eigenvalue weighted by atomic mass is 35.5. The number of halogens is 1. The van der Waals surface area contributed by atoms with E-state index in [-0.39, 0.29) is 0 Å². The number of rotatable bonds is 7. The zero-order chi connectivity index (χ0) is 21.9. The van der Waals surface area contributed by atoms with E-state index in [1.54, 1.807) is 35.1 Å². The second-order valence-corrected chi connectivity index (χ2v) is 8.40. The molecule has 0 radical (unpaired) electrons. The third-order valence-electron chi connectivity index (χ3n) is 5.00. The summed E-state index contributed by atoms with van der Waals surface area (Å²) in [6, 6.07) is 17.5. The van der Waals surface area contributed by atoms with Crippen LogP contribution in [-0.4, -0.2) is 29.5 Å². The first-order chi connectivity index (χ1) is 15.7. The first kappa shape index (κ1) is 20.5. The molecule has 4 heterocycles. The Kier molecular flexibility index (Phi) is 5.79. The molecule has 0 aliphatic rings. The predicted octanol–water partition coefficient (Wildman–Crippen LogP) is 5.42. The number of hydrogen-bond acceptors (Lipinski definition) is 6. The van der Waals surface area contributed by atoms with Crippen molar-refractivity contribution in [1.29, 1.82) is 0 Å². The maximum Gasteiger partial charge on any atom is 0.192 e. The number of aryl methyl sites for hydroxylation is 1. The summed E-state index contributed by atoms with van der Waals surface area (Å²) in [6.07, 6.45) is 5.18. The van der Waals surface area contributed by atoms with Crippen LogP contribution < -0.4 is 0 Å². The molecular weight excluding hydrogens is 444 g/mol. The molecule has 5 rings (SSSR count). The van der Waals surface area contributed by atoms with Crippen LogP contribution in [0.15, 0.2) is 82.8 Å². The molecule has 0 saturated carbocycles. The highest BCUT2D eigenvalue weighted by molar-refractivity contribution is 7.98. The topological polar surface area (TPSA) is 74.6 Å². The van der Waals surface area contributed by atoms with Crippen LogP contribution in [0.5, 0.6) is 0 Å². The van der Waals surface area contributed by atoms with Crippen LogP contribution in [0.25, 0.3) is 17.1 Å². The monoisotopic (exact) mass is 462 g/mol. The smallest absolute Gasteiger partial charge is 0.192 e. The van der Waals surface area contributed by atoms with Crippen LogP contribution in [-0.2, 0) is 12.3 Å². The van der Waals surface area contributed by atoms with Crippen molar-refractivity contribution < 1.29 is 4.42 Å². The van der Waals surface area contributed by atoms with Gasteiger partial charge in [-0.05, 0) is 43.3 Å². The molecule has 32 heavy (non-hydrogen) atoms. The van der Waals surface area contributed by atoms with Crippen molar-refractivity contribution in [2.45, 2.75) is 24.4 Å². The van der Waals surface area contributed by atoms with Crippen molar-refractivity contribution in [2.24, 2.45) is 0 Å². The number of nitrogens with zero attached hydrogens (tertiary/aromatic N) is 6. The summed E-state index contributed by atoms with van der Waals surface area (Å²) in [7, 11) is 0. The Morgan fingerprint density at radius 1 is 1.03 bits per heavy atom. The fourth-order valence-electron chi connectivity index (χ4n) is 3.38. The maximum atomic E-state index is 6.71. The number of aromatic nitrogens is 6. The lowest BCUT2D eigenvalue weighted by Crippen LogP contribution is -2.03. The van der Waals surface area contributed by atoms with Gasteiger partial charge in [0.2, 0.25) is 0 Å². The molecule has 7 nitrogen and oxygen atoms in total. The van der Waals surface area contributed by atoms with Gasteiger partial charge in [-0.2, -0.15) is 5.10 Å². The summed E-state index contributed by atoms with van der Waals surface area (Å²) in [5.74, 6) is 2.17. The lowest BCUT2D eigenvalue weighted by molar-refractivity contribution is 0.485. The molecule has 0 spiro atoms. The van der Waals surface area contributed by atoms with Gasteiger partial charge in [-0.3, -0.25) is 9.55 Å². The van der Waals surface area contributed by atoms with Crippen LogP contribution in [0.3, 0.4) is 0 Å². The van der Waals surface area contributed by atoms with E-state index in [0.717, 1.165) is 39.2 Å². The molecular formula is C23H19ClN6OS. The molecule has 0 saturated heterocycles. The zero-order valence-electron chi connectivity index (χ0n) is 17.2. The third-order valence-corrected chi connectivity index (χ3v) is 6.38. The number of benzene rings is 1. The number of para-hydroxylation sites is 1. The van der Waals surface area contributed by atoms with Crippen molar-refractivity contribution in [3.8, 4) is 17.1 Å². The number of hydrogen-bond donors (Lipinski definition) is 0. The van der Waals surface area contributed by atoms with Gasteiger partial charge in [-0.1, -0.05) is 41.6 Å². The van der Waals surface area contributed by atoms with Gasteiger partial charge >= 0.3 is 0 Å². The zero-order valence-corrected chi connectivity index (χ0v) is 18.8. The predicted molar refractivity (Wildman–Crippen MR) is 124 cm³/mol. The Morgan fingerprint density at radius 2 is 1.91 bits per heavy atom. The summed E-state index contributed by atoms with van der Waals surface area (Å²) in [5.41, 5.74) is 3.67. The second-order valence-electron chi connectivity index (χ2n) is 7.10. The van der Waals surface area contributed by atoms with Gasteiger partial charge in [-0.25, -0.2) is 4.68 Å². The summed E-state index contributed by atoms with van der Waals surface area (Å²) >= 11 is 8.27. The van der Waals surface area contributed by atoms with Gasteiger partial charge in [0.05, 0.1) is 24.2 Å². The van der Waals surface area contributed by atoms with Crippen molar-refractivity contribution in [1.82, 2.24) is 29.5 Å². The quantitative estimate of drug-likeness (QED) is 0.300. The van der Waals surface area contributed by atoms with E-state index < -0.39 is 0 Å². The molecule has 1 aromatic carbocycles. The van der Waals surface area contributed by atoms with Crippen LogP contribution in [0, 0.1) is 6.92 Å². The van der Waals surface area contributed by atoms with Crippen LogP contribution >= 0.6 is 23.4 Å². The maximum absolute atomic E-state index is 6.71. The molecule has 0 amide bonds. The van der Waals surface area contributed by atoms with E-state index >= 15 is 0 Å². The third kappa shape index (κ3) is 4.06. The normalized spacial score (nSPS) is 11.2. The molecule has 0 N–H and O–H groups in total. The van der Waals surface area contributed by atoms with Crippen LogP contribution in [0.2, 0.25) is 5.15 Å². The number of thioether (sulfide) groups is 1. The second kappa shape index (κ2) is 9.02. The van der Waals surface area contributed by atoms with E-state index in [4.69, 9.17) is 16.0 Å². The first-order valence-corrected chi connectivity index (χ1v) is 11.4. The molecule has 9 heteroatoms. The van der Waals surface area contributed by atoms with E-state index in [0.29, 0.717) is 17.5 Å². The van der Waals surface area contributed by atoms with Crippen molar-refractivity contribution in [3.63, 3.8) is 0 Å². The molecule has 160 valence electrons. The van der Waals surface area contributed by atoms with E-state index in [2.05, 4.69) is 20.3 Å². The summed E-state index contributed by atoms with van der Waals surface area (Å²) in [4.78, 5) is 4.22. The van der Waals surface area contributed by atoms with Gasteiger partial charge in [-0.15, -0.1) is 10.2 Å². The Morgan fingerprint density at radius 3 is 2.66 bits per heavy atom. The average Bonchev–Trinajstić information content (AvgIpc) is 3.55. The van der Waals surface area contributed by atoms with Crippen LogP contribution in [0.4, 0.5) is 0 Å². The first-order valence-electron chi connectivity index (χ1n) is 9.99. The molecule has 0 aliphatic carbocycles. The molecule has 0 aliphatic heterocycles. The van der Waals surface area contributed by atoms with Gasteiger partial charge in [0, 0.05) is 29.3 Å². The molecule has 0 bridgehead atoms. The molecule has 0 atom stereocenters. The average molecular weight is 463 g/mol. The fourth-order valence-corrected chi connectivity index (χ4v) is 4.82. The van der Waals surface area contributed by atoms with Crippen molar-refractivity contribution in [3.05, 3.63) is 95.4 Å². The SMILES string of the molecule is Cc1nn(-c2ccccc2)c(Cl)c1CSc1nnc(-c2cccnc2)n1Cc1ccco1. The summed E-state index contributed by atoms with van der Waals surface area (Å²) in [5, 5.41) is 14.9. The largest absolute Gasteiger partial charge is 0.467 e. The Labute approximate surface area is 194 Å². The fraction of sp³-hybridized carbons (Fsp3) is 0.130. The minimum atomic E-state index is 0.516. The van der Waals surface area contributed by atoms with E-state index in [9.17, 15) is 0 Å². The lowest BCUT2D eigenvalue weighted by atomic mass is 10.2. The van der Waals surface area contributed by atoms with Gasteiger partial charge in [0.15, 0.2) is 11.0 Å². The number of pyridine rings is 1. The Bertz CT molecular complexity index is 1320. The molecule has 0 unspecified atom stereocenters. The van der Waals surface area contributed by atoms with Gasteiger partial charge < -0.3 is 4.42 Å². The van der Waals surface area contributed by atoms with Crippen molar-refractivity contribution in [2.75, 3.05) is 0 Å². The highest BCUT2D eigenvalue weighted by Gasteiger charge is 2.19.